The van der Waals surface area contributed by atoms with Gasteiger partial charge in [0.15, 0.2) is 23.2 Å². The van der Waals surface area contributed by atoms with Crippen molar-refractivity contribution in [3.05, 3.63) is 95.6 Å². The van der Waals surface area contributed by atoms with Crippen LogP contribution in [0.5, 0.6) is 11.5 Å². The highest BCUT2D eigenvalue weighted by atomic mass is 32.1. The first-order valence-electron chi connectivity index (χ1n) is 11.0. The molecule has 0 bridgehead atoms. The predicted molar refractivity (Wildman–Crippen MR) is 137 cm³/mol. The number of nitrogens with one attached hydrogen (secondary N) is 1. The van der Waals surface area contributed by atoms with E-state index in [0.29, 0.717) is 45.0 Å². The number of benzene rings is 2. The molecular formula is C27H17F2N5OS. The maximum atomic E-state index is 14.2. The van der Waals surface area contributed by atoms with Crippen LogP contribution in [0.15, 0.2) is 78.4 Å². The van der Waals surface area contributed by atoms with E-state index in [0.717, 1.165) is 22.0 Å². The summed E-state index contributed by atoms with van der Waals surface area (Å²) >= 11 is 1.48. The molecule has 2 aromatic carbocycles. The lowest BCUT2D eigenvalue weighted by molar-refractivity contribution is 0.487. The van der Waals surface area contributed by atoms with Gasteiger partial charge in [0.2, 0.25) is 0 Å². The molecule has 176 valence electrons. The summed E-state index contributed by atoms with van der Waals surface area (Å²) in [6, 6.07) is 16.9. The van der Waals surface area contributed by atoms with Gasteiger partial charge >= 0.3 is 0 Å². The van der Waals surface area contributed by atoms with Crippen molar-refractivity contribution in [3.8, 4) is 22.1 Å². The first-order valence-corrected chi connectivity index (χ1v) is 11.9. The average Bonchev–Trinajstić information content (AvgIpc) is 3.32. The number of ether oxygens (including phenoxy) is 1. The van der Waals surface area contributed by atoms with Gasteiger partial charge in [-0.25, -0.2) is 8.78 Å². The maximum Gasteiger partial charge on any atom is 0.161 e. The van der Waals surface area contributed by atoms with Crippen LogP contribution in [-0.4, -0.2) is 20.2 Å². The molecular weight excluding hydrogens is 480 g/mol. The van der Waals surface area contributed by atoms with Gasteiger partial charge in [0.25, 0.3) is 0 Å². The van der Waals surface area contributed by atoms with Gasteiger partial charge < -0.3 is 10.1 Å². The zero-order valence-electron chi connectivity index (χ0n) is 18.9. The number of nitrogens with zero attached hydrogens (tertiary/aromatic N) is 4. The van der Waals surface area contributed by atoms with Crippen LogP contribution in [0.25, 0.3) is 32.4 Å². The third-order valence-electron chi connectivity index (χ3n) is 5.59. The Kier molecular flexibility index (Phi) is 5.46. The number of halogens is 2. The molecule has 0 saturated heterocycles. The van der Waals surface area contributed by atoms with Crippen molar-refractivity contribution >= 4 is 44.6 Å². The Hall–Kier alpha value is -4.50. The van der Waals surface area contributed by atoms with Crippen LogP contribution in [0.1, 0.15) is 5.56 Å². The first-order chi connectivity index (χ1) is 17.5. The van der Waals surface area contributed by atoms with E-state index in [1.807, 2.05) is 30.5 Å². The Morgan fingerprint density at radius 1 is 0.861 bits per heavy atom. The van der Waals surface area contributed by atoms with Crippen molar-refractivity contribution in [3.63, 3.8) is 0 Å². The van der Waals surface area contributed by atoms with Crippen molar-refractivity contribution in [2.75, 3.05) is 5.32 Å². The molecule has 9 heteroatoms. The normalized spacial score (nSPS) is 11.2. The first kappa shape index (κ1) is 22.0. The molecule has 0 radical (unpaired) electrons. The Bertz CT molecular complexity index is 1730. The quantitative estimate of drug-likeness (QED) is 0.267. The summed E-state index contributed by atoms with van der Waals surface area (Å²) in [7, 11) is 0. The monoisotopic (exact) mass is 497 g/mol. The molecule has 0 unspecified atom stereocenters. The zero-order chi connectivity index (χ0) is 24.6. The highest BCUT2D eigenvalue weighted by Crippen LogP contribution is 2.36. The molecule has 4 heterocycles. The molecule has 0 fully saturated rings. The molecule has 0 aliphatic heterocycles. The van der Waals surface area contributed by atoms with Crippen LogP contribution >= 0.6 is 11.3 Å². The molecule has 0 amide bonds. The van der Waals surface area contributed by atoms with Crippen LogP contribution < -0.4 is 10.1 Å². The molecule has 0 spiro atoms. The lowest BCUT2D eigenvalue weighted by atomic mass is 10.1. The smallest absolute Gasteiger partial charge is 0.161 e. The van der Waals surface area contributed by atoms with Gasteiger partial charge in [0, 0.05) is 34.9 Å². The van der Waals surface area contributed by atoms with E-state index in [1.54, 1.807) is 42.7 Å². The van der Waals surface area contributed by atoms with E-state index in [-0.39, 0.29) is 0 Å². The van der Waals surface area contributed by atoms with Crippen LogP contribution in [0.2, 0.25) is 0 Å². The van der Waals surface area contributed by atoms with Crippen molar-refractivity contribution < 1.29 is 13.5 Å². The molecule has 4 aromatic heterocycles. The van der Waals surface area contributed by atoms with E-state index in [2.05, 4.69) is 25.5 Å². The fraction of sp³-hybridized carbons (Fsp3) is 0.0370. The highest BCUT2D eigenvalue weighted by molar-refractivity contribution is 7.13. The number of anilines is 2. The van der Waals surface area contributed by atoms with Gasteiger partial charge in [-0.1, -0.05) is 0 Å². The summed E-state index contributed by atoms with van der Waals surface area (Å²) in [5, 5.41) is 14.7. The molecule has 1 N–H and O–H groups in total. The van der Waals surface area contributed by atoms with Crippen molar-refractivity contribution in [2.45, 2.75) is 6.92 Å². The summed E-state index contributed by atoms with van der Waals surface area (Å²) in [6.07, 6.45) is 3.36. The average molecular weight is 498 g/mol. The van der Waals surface area contributed by atoms with Gasteiger partial charge in [0.1, 0.15) is 17.0 Å². The van der Waals surface area contributed by atoms with Crippen LogP contribution in [0.3, 0.4) is 0 Å². The number of pyridine rings is 2. The minimum atomic E-state index is -0.950. The molecule has 6 rings (SSSR count). The Labute approximate surface area is 208 Å². The fourth-order valence-corrected chi connectivity index (χ4v) is 4.78. The number of aryl methyl sites for hydroxylation is 1. The minimum Gasteiger partial charge on any atom is -0.455 e. The van der Waals surface area contributed by atoms with Gasteiger partial charge in [0.05, 0.1) is 10.4 Å². The Balaban J connectivity index is 1.32. The number of hydrogen-bond acceptors (Lipinski definition) is 7. The van der Waals surface area contributed by atoms with Gasteiger partial charge in [-0.3, -0.25) is 9.97 Å². The van der Waals surface area contributed by atoms with Gasteiger partial charge in [-0.05, 0) is 72.5 Å². The van der Waals surface area contributed by atoms with Crippen molar-refractivity contribution in [1.29, 1.82) is 0 Å². The predicted octanol–water partition coefficient (Wildman–Crippen LogP) is 7.42. The third kappa shape index (κ3) is 4.09. The molecule has 6 nitrogen and oxygen atoms in total. The number of fused-ring (bicyclic) bond motifs is 2. The highest BCUT2D eigenvalue weighted by Gasteiger charge is 2.16. The second-order valence-electron chi connectivity index (χ2n) is 8.13. The number of rotatable bonds is 5. The number of hydrogen-bond donors (Lipinski definition) is 1. The minimum absolute atomic E-state index is 0.318. The zero-order valence-corrected chi connectivity index (χ0v) is 19.7. The standard InChI is InChI=1S/C27H17F2N5OS/c1-15-11-24(36-14-15)25-18-12-20(28)21(29)13-19(18)27(34-33-25)32-16-4-6-17(7-5-16)35-23-8-10-30-22-3-2-9-31-26(22)23/h2-14H,1H3,(H,32,34). The second kappa shape index (κ2) is 8.94. The summed E-state index contributed by atoms with van der Waals surface area (Å²) < 4.78 is 34.4. The van der Waals surface area contributed by atoms with Gasteiger partial charge in [-0.15, -0.1) is 21.5 Å². The van der Waals surface area contributed by atoms with E-state index in [4.69, 9.17) is 4.74 Å². The largest absolute Gasteiger partial charge is 0.455 e. The third-order valence-corrected chi connectivity index (χ3v) is 6.64. The fourth-order valence-electron chi connectivity index (χ4n) is 3.88. The second-order valence-corrected chi connectivity index (χ2v) is 9.04. The Morgan fingerprint density at radius 2 is 1.67 bits per heavy atom. The molecule has 0 aliphatic carbocycles. The maximum absolute atomic E-state index is 14.2. The molecule has 0 saturated carbocycles. The summed E-state index contributed by atoms with van der Waals surface area (Å²) in [4.78, 5) is 9.48. The van der Waals surface area contributed by atoms with E-state index >= 15 is 0 Å². The topological polar surface area (TPSA) is 72.8 Å². The lowest BCUT2D eigenvalue weighted by Gasteiger charge is -2.12. The Morgan fingerprint density at radius 3 is 2.44 bits per heavy atom. The number of aromatic nitrogens is 4. The molecule has 0 aliphatic rings. The molecule has 6 aromatic rings. The van der Waals surface area contributed by atoms with Gasteiger partial charge in [-0.2, -0.15) is 0 Å². The summed E-state index contributed by atoms with van der Waals surface area (Å²) in [5.74, 6) is -0.371. The summed E-state index contributed by atoms with van der Waals surface area (Å²) in [5.41, 5.74) is 3.66. The lowest BCUT2D eigenvalue weighted by Crippen LogP contribution is -2.00. The molecule has 36 heavy (non-hydrogen) atoms. The van der Waals surface area contributed by atoms with Crippen molar-refractivity contribution in [2.24, 2.45) is 0 Å². The summed E-state index contributed by atoms with van der Waals surface area (Å²) in [6.45, 7) is 1.97. The van der Waals surface area contributed by atoms with E-state index in [1.165, 1.54) is 17.4 Å². The van der Waals surface area contributed by atoms with Crippen LogP contribution in [0.4, 0.5) is 20.3 Å². The van der Waals surface area contributed by atoms with E-state index < -0.39 is 11.6 Å². The van der Waals surface area contributed by atoms with E-state index in [9.17, 15) is 8.78 Å². The van der Waals surface area contributed by atoms with Crippen molar-refractivity contribution in [1.82, 2.24) is 20.2 Å². The van der Waals surface area contributed by atoms with Crippen LogP contribution in [0, 0.1) is 18.6 Å². The number of thiophene rings is 1. The SMILES string of the molecule is Cc1csc(-c2nnc(Nc3ccc(Oc4ccnc5cccnc45)cc3)c3cc(F)c(F)cc23)c1. The van der Waals surface area contributed by atoms with Crippen LogP contribution in [-0.2, 0) is 0 Å². The molecule has 0 atom stereocenters.